The van der Waals surface area contributed by atoms with Crippen molar-refractivity contribution in [3.05, 3.63) is 76.6 Å². The second kappa shape index (κ2) is 7.21. The van der Waals surface area contributed by atoms with Crippen molar-refractivity contribution < 1.29 is 13.6 Å². The fourth-order valence-electron chi connectivity index (χ4n) is 2.47. The zero-order valence-electron chi connectivity index (χ0n) is 14.0. The summed E-state index contributed by atoms with van der Waals surface area (Å²) < 4.78 is 27.9. The van der Waals surface area contributed by atoms with Gasteiger partial charge in [0.2, 0.25) is 0 Å². The summed E-state index contributed by atoms with van der Waals surface area (Å²) in [6.45, 7) is 1.71. The van der Waals surface area contributed by atoms with Gasteiger partial charge >= 0.3 is 0 Å². The molecule has 134 valence electrons. The smallest absolute Gasteiger partial charge is 0.276 e. The second-order valence-corrected chi connectivity index (χ2v) is 6.17. The minimum absolute atomic E-state index is 0.113. The Morgan fingerprint density at radius 2 is 1.92 bits per heavy atom. The first-order valence-electron chi connectivity index (χ1n) is 7.78. The first-order valence-corrected chi connectivity index (χ1v) is 8.15. The van der Waals surface area contributed by atoms with E-state index in [2.05, 4.69) is 10.3 Å². The molecule has 0 saturated carbocycles. The third-order valence-electron chi connectivity index (χ3n) is 4.14. The van der Waals surface area contributed by atoms with Crippen molar-refractivity contribution in [2.75, 3.05) is 7.05 Å². The van der Waals surface area contributed by atoms with Crippen LogP contribution >= 0.6 is 11.6 Å². The van der Waals surface area contributed by atoms with Crippen LogP contribution in [0.25, 0.3) is 5.69 Å². The van der Waals surface area contributed by atoms with Crippen molar-refractivity contribution in [3.63, 3.8) is 0 Å². The molecule has 0 fully saturated rings. The van der Waals surface area contributed by atoms with Gasteiger partial charge in [0.05, 0.1) is 22.9 Å². The Kier molecular flexibility index (Phi) is 4.99. The molecule has 0 radical (unpaired) electrons. The number of rotatable bonds is 4. The summed E-state index contributed by atoms with van der Waals surface area (Å²) in [6, 6.07) is 10.1. The molecule has 1 aromatic heterocycles. The van der Waals surface area contributed by atoms with Crippen molar-refractivity contribution in [2.45, 2.75) is 13.0 Å². The van der Waals surface area contributed by atoms with E-state index < -0.39 is 23.6 Å². The molecule has 0 saturated heterocycles. The number of hydrogen-bond acceptors (Lipinski definition) is 3. The van der Waals surface area contributed by atoms with E-state index in [-0.39, 0.29) is 5.69 Å². The molecule has 3 aromatic rings. The Labute approximate surface area is 153 Å². The molecule has 0 spiro atoms. The van der Waals surface area contributed by atoms with Crippen LogP contribution in [-0.4, -0.2) is 32.8 Å². The molecule has 8 heteroatoms. The molecule has 1 atom stereocenters. The van der Waals surface area contributed by atoms with Gasteiger partial charge < -0.3 is 4.90 Å². The highest BCUT2D eigenvalue weighted by Gasteiger charge is 2.22. The van der Waals surface area contributed by atoms with Gasteiger partial charge in [-0.25, -0.2) is 13.5 Å². The van der Waals surface area contributed by atoms with Gasteiger partial charge in [-0.1, -0.05) is 35.0 Å². The summed E-state index contributed by atoms with van der Waals surface area (Å²) in [6.07, 6.45) is 1.47. The van der Waals surface area contributed by atoms with Crippen molar-refractivity contribution in [3.8, 4) is 5.69 Å². The maximum absolute atomic E-state index is 13.4. The number of carbonyl (C=O) groups is 1. The molecule has 5 nitrogen and oxygen atoms in total. The van der Waals surface area contributed by atoms with E-state index >= 15 is 0 Å². The van der Waals surface area contributed by atoms with E-state index in [1.54, 1.807) is 38.2 Å². The third-order valence-corrected chi connectivity index (χ3v) is 4.46. The Bertz CT molecular complexity index is 960. The lowest BCUT2D eigenvalue weighted by atomic mass is 10.1. The Balaban J connectivity index is 1.82. The number of benzene rings is 2. The van der Waals surface area contributed by atoms with Crippen LogP contribution in [-0.2, 0) is 0 Å². The van der Waals surface area contributed by atoms with Crippen molar-refractivity contribution in [1.82, 2.24) is 19.9 Å². The van der Waals surface area contributed by atoms with Crippen LogP contribution in [0.15, 0.2) is 48.7 Å². The molecule has 0 bridgehead atoms. The Morgan fingerprint density at radius 1 is 1.19 bits per heavy atom. The van der Waals surface area contributed by atoms with Crippen LogP contribution in [0.2, 0.25) is 5.02 Å². The lowest BCUT2D eigenvalue weighted by molar-refractivity contribution is 0.0736. The van der Waals surface area contributed by atoms with Gasteiger partial charge in [-0.15, -0.1) is 5.10 Å². The number of nitrogens with zero attached hydrogens (tertiary/aromatic N) is 4. The van der Waals surface area contributed by atoms with E-state index in [1.165, 1.54) is 21.8 Å². The topological polar surface area (TPSA) is 51.0 Å². The summed E-state index contributed by atoms with van der Waals surface area (Å²) in [4.78, 5) is 14.0. The molecule has 1 unspecified atom stereocenters. The van der Waals surface area contributed by atoms with Crippen LogP contribution in [0, 0.1) is 11.6 Å². The van der Waals surface area contributed by atoms with E-state index in [4.69, 9.17) is 11.6 Å². The molecule has 0 aliphatic heterocycles. The monoisotopic (exact) mass is 376 g/mol. The zero-order valence-corrected chi connectivity index (χ0v) is 14.8. The zero-order chi connectivity index (χ0) is 18.8. The number of halogens is 3. The molecule has 26 heavy (non-hydrogen) atoms. The molecule has 0 aliphatic carbocycles. The van der Waals surface area contributed by atoms with Gasteiger partial charge in [-0.3, -0.25) is 4.79 Å². The van der Waals surface area contributed by atoms with Crippen LogP contribution in [0.4, 0.5) is 8.78 Å². The molecule has 2 aromatic carbocycles. The summed E-state index contributed by atoms with van der Waals surface area (Å²) in [5.74, 6) is -2.29. The van der Waals surface area contributed by atoms with Gasteiger partial charge in [0.25, 0.3) is 5.91 Å². The molecular weight excluding hydrogens is 362 g/mol. The molecule has 0 N–H and O–H groups in total. The lowest BCUT2D eigenvalue weighted by Gasteiger charge is -2.24. The largest absolute Gasteiger partial charge is 0.334 e. The van der Waals surface area contributed by atoms with E-state index in [0.29, 0.717) is 16.3 Å². The average molecular weight is 377 g/mol. The summed E-state index contributed by atoms with van der Waals surface area (Å²) in [5.41, 5.74) is 1.18. The molecule has 0 aliphatic rings. The van der Waals surface area contributed by atoms with Gasteiger partial charge in [0.1, 0.15) is 0 Å². The maximum Gasteiger partial charge on any atom is 0.276 e. The fourth-order valence-corrected chi connectivity index (χ4v) is 2.69. The van der Waals surface area contributed by atoms with Gasteiger partial charge in [-0.05, 0) is 36.8 Å². The summed E-state index contributed by atoms with van der Waals surface area (Å²) in [7, 11) is 1.56. The first-order chi connectivity index (χ1) is 12.4. The van der Waals surface area contributed by atoms with Crippen LogP contribution in [0.1, 0.15) is 29.0 Å². The average Bonchev–Trinajstić information content (AvgIpc) is 3.12. The fraction of sp³-hybridized carbons (Fsp3) is 0.167. The molecule has 1 heterocycles. The standard InChI is InChI=1S/C18H15ClF2N4O/c1-11(12-7-8-14(20)15(21)9-12)24(2)18(26)16-10-25(23-22-16)17-6-4-3-5-13(17)19/h3-11H,1-2H3. The highest BCUT2D eigenvalue weighted by Crippen LogP contribution is 2.23. The van der Waals surface area contributed by atoms with Crippen molar-refractivity contribution >= 4 is 17.5 Å². The maximum atomic E-state index is 13.4. The lowest BCUT2D eigenvalue weighted by Crippen LogP contribution is -2.30. The molecule has 1 amide bonds. The van der Waals surface area contributed by atoms with Gasteiger partial charge in [0.15, 0.2) is 17.3 Å². The molecular formula is C18H15ClF2N4O. The van der Waals surface area contributed by atoms with Gasteiger partial charge in [0, 0.05) is 7.05 Å². The summed E-state index contributed by atoms with van der Waals surface area (Å²) >= 11 is 6.12. The number of aromatic nitrogens is 3. The van der Waals surface area contributed by atoms with Crippen LogP contribution < -0.4 is 0 Å². The number of carbonyl (C=O) groups excluding carboxylic acids is 1. The highest BCUT2D eigenvalue weighted by molar-refractivity contribution is 6.32. The first kappa shape index (κ1) is 18.0. The molecule has 3 rings (SSSR count). The van der Waals surface area contributed by atoms with Gasteiger partial charge in [-0.2, -0.15) is 0 Å². The van der Waals surface area contributed by atoms with Crippen LogP contribution in [0.5, 0.6) is 0 Å². The second-order valence-electron chi connectivity index (χ2n) is 5.77. The Morgan fingerprint density at radius 3 is 2.62 bits per heavy atom. The van der Waals surface area contributed by atoms with E-state index in [1.807, 2.05) is 0 Å². The minimum Gasteiger partial charge on any atom is -0.334 e. The normalized spacial score (nSPS) is 12.0. The third kappa shape index (κ3) is 3.43. The highest BCUT2D eigenvalue weighted by atomic mass is 35.5. The van der Waals surface area contributed by atoms with Crippen molar-refractivity contribution in [1.29, 1.82) is 0 Å². The minimum atomic E-state index is -0.958. The summed E-state index contributed by atoms with van der Waals surface area (Å²) in [5, 5.41) is 8.30. The van der Waals surface area contributed by atoms with Crippen LogP contribution in [0.3, 0.4) is 0 Å². The quantitative estimate of drug-likeness (QED) is 0.690. The SMILES string of the molecule is CC(c1ccc(F)c(F)c1)N(C)C(=O)c1cn(-c2ccccc2Cl)nn1. The van der Waals surface area contributed by atoms with Crippen molar-refractivity contribution in [2.24, 2.45) is 0 Å². The predicted molar refractivity (Wildman–Crippen MR) is 93.2 cm³/mol. The number of amides is 1. The number of hydrogen-bond donors (Lipinski definition) is 0. The Hall–Kier alpha value is -2.80. The van der Waals surface area contributed by atoms with E-state index in [9.17, 15) is 13.6 Å². The van der Waals surface area contributed by atoms with E-state index in [0.717, 1.165) is 12.1 Å². The number of para-hydroxylation sites is 1. The predicted octanol–water partition coefficient (Wildman–Crippen LogP) is 4.03.